The molecule has 0 aromatic carbocycles. The first-order chi connectivity index (χ1) is 6.20. The van der Waals surface area contributed by atoms with Crippen LogP contribution in [0.15, 0.2) is 17.2 Å². The van der Waals surface area contributed by atoms with Gasteiger partial charge in [0.1, 0.15) is 0 Å². The molecule has 1 rings (SSSR count). The minimum Gasteiger partial charge on any atom is -0.365 e. The maximum absolute atomic E-state index is 11.1. The van der Waals surface area contributed by atoms with Gasteiger partial charge < -0.3 is 16.0 Å². The molecule has 0 aliphatic heterocycles. The number of hydrogen-bond donors (Lipinski definition) is 3. The van der Waals surface area contributed by atoms with Gasteiger partial charge in [0.15, 0.2) is 5.82 Å². The lowest BCUT2D eigenvalue weighted by atomic mass is 10.2. The Labute approximate surface area is 76.4 Å². The fourth-order valence-corrected chi connectivity index (χ4v) is 0.896. The SMILES string of the molecule is CC(N)CCNc1ncc[nH]c1=O. The van der Waals surface area contributed by atoms with Crippen molar-refractivity contribution in [3.05, 3.63) is 22.7 Å². The van der Waals surface area contributed by atoms with E-state index in [2.05, 4.69) is 15.3 Å². The number of nitrogens with one attached hydrogen (secondary N) is 2. The highest BCUT2D eigenvalue weighted by molar-refractivity contribution is 5.29. The molecular formula is C8H14N4O. The van der Waals surface area contributed by atoms with Gasteiger partial charge in [0.25, 0.3) is 5.56 Å². The zero-order valence-electron chi connectivity index (χ0n) is 7.58. The number of nitrogens with zero attached hydrogens (tertiary/aromatic N) is 1. The largest absolute Gasteiger partial charge is 0.365 e. The lowest BCUT2D eigenvalue weighted by Gasteiger charge is -2.05. The van der Waals surface area contributed by atoms with Crippen LogP contribution < -0.4 is 16.6 Å². The Morgan fingerprint density at radius 1 is 1.77 bits per heavy atom. The van der Waals surface area contributed by atoms with E-state index >= 15 is 0 Å². The number of anilines is 1. The molecular weight excluding hydrogens is 168 g/mol. The van der Waals surface area contributed by atoms with E-state index in [1.54, 1.807) is 0 Å². The molecule has 1 aromatic heterocycles. The molecule has 1 unspecified atom stereocenters. The highest BCUT2D eigenvalue weighted by atomic mass is 16.1. The fourth-order valence-electron chi connectivity index (χ4n) is 0.896. The van der Waals surface area contributed by atoms with Gasteiger partial charge in [0, 0.05) is 25.0 Å². The van der Waals surface area contributed by atoms with Crippen LogP contribution in [0.4, 0.5) is 5.82 Å². The van der Waals surface area contributed by atoms with Gasteiger partial charge in [-0.15, -0.1) is 0 Å². The van der Waals surface area contributed by atoms with E-state index in [0.29, 0.717) is 12.4 Å². The van der Waals surface area contributed by atoms with Gasteiger partial charge in [-0.3, -0.25) is 4.79 Å². The minimum absolute atomic E-state index is 0.135. The summed E-state index contributed by atoms with van der Waals surface area (Å²) in [4.78, 5) is 17.5. The molecule has 0 saturated carbocycles. The molecule has 1 heterocycles. The standard InChI is InChI=1S/C8H14N4O/c1-6(9)2-3-10-7-8(13)12-5-4-11-7/h4-6H,2-3,9H2,1H3,(H,10,11)(H,12,13). The summed E-state index contributed by atoms with van der Waals surface area (Å²) >= 11 is 0. The summed E-state index contributed by atoms with van der Waals surface area (Å²) in [7, 11) is 0. The highest BCUT2D eigenvalue weighted by Gasteiger charge is 1.98. The second-order valence-electron chi connectivity index (χ2n) is 2.96. The Morgan fingerprint density at radius 2 is 2.54 bits per heavy atom. The van der Waals surface area contributed by atoms with Gasteiger partial charge in [-0.2, -0.15) is 0 Å². The summed E-state index contributed by atoms with van der Waals surface area (Å²) in [6.45, 7) is 2.59. The summed E-state index contributed by atoms with van der Waals surface area (Å²) in [6.07, 6.45) is 3.85. The minimum atomic E-state index is -0.202. The molecule has 5 heteroatoms. The van der Waals surface area contributed by atoms with E-state index in [1.165, 1.54) is 12.4 Å². The molecule has 1 atom stereocenters. The second kappa shape index (κ2) is 4.61. The van der Waals surface area contributed by atoms with Crippen LogP contribution in [0.3, 0.4) is 0 Å². The van der Waals surface area contributed by atoms with Crippen molar-refractivity contribution in [3.63, 3.8) is 0 Å². The van der Waals surface area contributed by atoms with Crippen molar-refractivity contribution in [2.75, 3.05) is 11.9 Å². The lowest BCUT2D eigenvalue weighted by Crippen LogP contribution is -2.22. The summed E-state index contributed by atoms with van der Waals surface area (Å²) in [5.74, 6) is 0.350. The first-order valence-corrected chi connectivity index (χ1v) is 4.23. The van der Waals surface area contributed by atoms with Crippen molar-refractivity contribution >= 4 is 5.82 Å². The molecule has 0 spiro atoms. The van der Waals surface area contributed by atoms with Gasteiger partial charge in [0.05, 0.1) is 0 Å². The predicted octanol–water partition coefficient (Wildman–Crippen LogP) is -0.0809. The van der Waals surface area contributed by atoms with Gasteiger partial charge in [0.2, 0.25) is 0 Å². The molecule has 4 N–H and O–H groups in total. The summed E-state index contributed by atoms with van der Waals surface area (Å²) < 4.78 is 0. The molecule has 0 radical (unpaired) electrons. The molecule has 5 nitrogen and oxygen atoms in total. The maximum Gasteiger partial charge on any atom is 0.290 e. The Kier molecular flexibility index (Phi) is 3.45. The highest BCUT2D eigenvalue weighted by Crippen LogP contribution is 1.91. The number of rotatable bonds is 4. The molecule has 1 aromatic rings. The summed E-state index contributed by atoms with van der Waals surface area (Å²) in [5, 5.41) is 2.91. The Balaban J connectivity index is 2.46. The topological polar surface area (TPSA) is 83.8 Å². The number of aromatic nitrogens is 2. The third kappa shape index (κ3) is 3.25. The average molecular weight is 182 g/mol. The third-order valence-electron chi connectivity index (χ3n) is 1.60. The first-order valence-electron chi connectivity index (χ1n) is 4.23. The zero-order chi connectivity index (χ0) is 9.68. The van der Waals surface area contributed by atoms with Gasteiger partial charge >= 0.3 is 0 Å². The quantitative estimate of drug-likeness (QED) is 0.608. The molecule has 0 aliphatic rings. The van der Waals surface area contributed by atoms with Crippen molar-refractivity contribution in [1.82, 2.24) is 9.97 Å². The summed E-state index contributed by atoms with van der Waals surface area (Å²) in [6, 6.07) is 0.135. The number of hydrogen-bond acceptors (Lipinski definition) is 4. The van der Waals surface area contributed by atoms with Gasteiger partial charge in [-0.25, -0.2) is 4.98 Å². The van der Waals surface area contributed by atoms with Crippen LogP contribution in [0, 0.1) is 0 Å². The van der Waals surface area contributed by atoms with E-state index in [-0.39, 0.29) is 11.6 Å². The van der Waals surface area contributed by atoms with Gasteiger partial charge in [-0.1, -0.05) is 0 Å². The Bertz CT molecular complexity index is 307. The third-order valence-corrected chi connectivity index (χ3v) is 1.60. The van der Waals surface area contributed by atoms with Crippen LogP contribution in [0.5, 0.6) is 0 Å². The van der Waals surface area contributed by atoms with E-state index in [9.17, 15) is 4.79 Å². The Hall–Kier alpha value is -1.36. The van der Waals surface area contributed by atoms with Crippen LogP contribution in [-0.2, 0) is 0 Å². The van der Waals surface area contributed by atoms with Crippen LogP contribution in [0.2, 0.25) is 0 Å². The number of aromatic amines is 1. The smallest absolute Gasteiger partial charge is 0.290 e. The molecule has 0 fully saturated rings. The summed E-state index contributed by atoms with van der Waals surface area (Å²) in [5.41, 5.74) is 5.35. The fraction of sp³-hybridized carbons (Fsp3) is 0.500. The molecule has 13 heavy (non-hydrogen) atoms. The van der Waals surface area contributed by atoms with E-state index in [1.807, 2.05) is 6.92 Å². The molecule has 72 valence electrons. The van der Waals surface area contributed by atoms with E-state index < -0.39 is 0 Å². The van der Waals surface area contributed by atoms with Crippen LogP contribution in [-0.4, -0.2) is 22.6 Å². The zero-order valence-corrected chi connectivity index (χ0v) is 7.58. The average Bonchev–Trinajstić information content (AvgIpc) is 2.08. The predicted molar refractivity (Wildman–Crippen MR) is 51.6 cm³/mol. The number of nitrogens with two attached hydrogens (primary N) is 1. The number of H-pyrrole nitrogens is 1. The first kappa shape index (κ1) is 9.73. The van der Waals surface area contributed by atoms with Crippen molar-refractivity contribution in [3.8, 4) is 0 Å². The van der Waals surface area contributed by atoms with E-state index in [4.69, 9.17) is 5.73 Å². The van der Waals surface area contributed by atoms with Crippen molar-refractivity contribution in [2.45, 2.75) is 19.4 Å². The van der Waals surface area contributed by atoms with Crippen LogP contribution >= 0.6 is 0 Å². The van der Waals surface area contributed by atoms with Gasteiger partial charge in [-0.05, 0) is 13.3 Å². The Morgan fingerprint density at radius 3 is 3.15 bits per heavy atom. The van der Waals surface area contributed by atoms with Crippen molar-refractivity contribution in [2.24, 2.45) is 5.73 Å². The monoisotopic (exact) mass is 182 g/mol. The van der Waals surface area contributed by atoms with Crippen LogP contribution in [0.1, 0.15) is 13.3 Å². The van der Waals surface area contributed by atoms with Crippen LogP contribution in [0.25, 0.3) is 0 Å². The second-order valence-corrected chi connectivity index (χ2v) is 2.96. The molecule has 0 amide bonds. The lowest BCUT2D eigenvalue weighted by molar-refractivity contribution is 0.688. The van der Waals surface area contributed by atoms with Crippen molar-refractivity contribution in [1.29, 1.82) is 0 Å². The molecule has 0 aliphatic carbocycles. The van der Waals surface area contributed by atoms with Crippen molar-refractivity contribution < 1.29 is 0 Å². The van der Waals surface area contributed by atoms with E-state index in [0.717, 1.165) is 6.42 Å². The maximum atomic E-state index is 11.1. The molecule has 0 saturated heterocycles. The molecule has 0 bridgehead atoms. The normalized spacial score (nSPS) is 12.5.